The molecule has 1 aliphatic rings. The topological polar surface area (TPSA) is 128 Å². The zero-order valence-corrected chi connectivity index (χ0v) is 17.8. The zero-order chi connectivity index (χ0) is 24.8. The van der Waals surface area contributed by atoms with Crippen LogP contribution in [-0.2, 0) is 15.7 Å². The molecular formula is C20H18ClF3N2O7. The molecule has 3 rings (SSSR count). The Morgan fingerprint density at radius 3 is 2.42 bits per heavy atom. The number of halogens is 4. The maximum Gasteiger partial charge on any atom is 0.416 e. The first-order chi connectivity index (χ1) is 15.4. The lowest BCUT2D eigenvalue weighted by Crippen LogP contribution is -2.31. The number of benzene rings is 2. The Bertz CT molecular complexity index is 1040. The second-order valence-corrected chi connectivity index (χ2v) is 7.07. The van der Waals surface area contributed by atoms with Gasteiger partial charge in [0, 0.05) is 12.1 Å². The van der Waals surface area contributed by atoms with Crippen molar-refractivity contribution < 1.29 is 42.3 Å². The fourth-order valence-electron chi connectivity index (χ4n) is 2.82. The van der Waals surface area contributed by atoms with Gasteiger partial charge in [0.1, 0.15) is 23.1 Å². The van der Waals surface area contributed by atoms with E-state index in [4.69, 9.17) is 21.4 Å². The molecule has 1 atom stereocenters. The van der Waals surface area contributed by atoms with E-state index in [0.717, 1.165) is 49.7 Å². The smallest absolute Gasteiger partial charge is 0.416 e. The van der Waals surface area contributed by atoms with Crippen molar-refractivity contribution in [2.75, 3.05) is 13.7 Å². The summed E-state index contributed by atoms with van der Waals surface area (Å²) in [5, 5.41) is 22.4. The lowest BCUT2D eigenvalue weighted by molar-refractivity contribution is -0.385. The van der Waals surface area contributed by atoms with Crippen molar-refractivity contribution in [3.8, 4) is 11.5 Å². The molecule has 1 saturated heterocycles. The Balaban J connectivity index is 0.000000357. The largest absolute Gasteiger partial charge is 0.477 e. The molecule has 1 fully saturated rings. The van der Waals surface area contributed by atoms with Crippen LogP contribution in [0.5, 0.6) is 11.5 Å². The fourth-order valence-corrected chi connectivity index (χ4v) is 3.04. The Labute approximate surface area is 190 Å². The number of nitro benzene ring substituents is 1. The average Bonchev–Trinajstić information content (AvgIpc) is 3.29. The monoisotopic (exact) mass is 490 g/mol. The number of carboxylic acids is 1. The summed E-state index contributed by atoms with van der Waals surface area (Å²) in [6.07, 6.45) is -2.57. The number of methoxy groups -OCH3 is 1. The SMILES string of the molecule is COC(=O)C1CCCN1.O=C(O)c1cc(Oc2ccc(C(F)(F)F)cc2Cl)ccc1[N+](=O)[O-]. The molecule has 1 aliphatic heterocycles. The number of carbonyl (C=O) groups excluding carboxylic acids is 1. The minimum atomic E-state index is -4.58. The molecule has 33 heavy (non-hydrogen) atoms. The highest BCUT2D eigenvalue weighted by atomic mass is 35.5. The molecular weight excluding hydrogens is 473 g/mol. The summed E-state index contributed by atoms with van der Waals surface area (Å²) in [6.45, 7) is 0.944. The molecule has 1 unspecified atom stereocenters. The number of carbonyl (C=O) groups is 2. The van der Waals surface area contributed by atoms with E-state index in [2.05, 4.69) is 10.1 Å². The van der Waals surface area contributed by atoms with Crippen molar-refractivity contribution in [3.63, 3.8) is 0 Å². The van der Waals surface area contributed by atoms with Crippen molar-refractivity contribution in [2.24, 2.45) is 0 Å². The molecule has 2 N–H and O–H groups in total. The Kier molecular flexibility index (Phi) is 8.60. The minimum Gasteiger partial charge on any atom is -0.477 e. The summed E-state index contributed by atoms with van der Waals surface area (Å²) < 4.78 is 47.4. The van der Waals surface area contributed by atoms with Gasteiger partial charge >= 0.3 is 18.1 Å². The minimum absolute atomic E-state index is 0.0324. The van der Waals surface area contributed by atoms with Gasteiger partial charge in [-0.1, -0.05) is 11.6 Å². The van der Waals surface area contributed by atoms with Crippen LogP contribution in [0, 0.1) is 10.1 Å². The number of carboxylic acid groups (broad SMARTS) is 1. The van der Waals surface area contributed by atoms with Crippen LogP contribution in [0.25, 0.3) is 0 Å². The molecule has 0 saturated carbocycles. The van der Waals surface area contributed by atoms with Crippen LogP contribution in [0.15, 0.2) is 36.4 Å². The number of nitrogens with zero attached hydrogens (tertiary/aromatic N) is 1. The second kappa shape index (κ2) is 11.0. The van der Waals surface area contributed by atoms with Crippen molar-refractivity contribution in [3.05, 3.63) is 62.7 Å². The first kappa shape index (κ1) is 25.9. The van der Waals surface area contributed by atoms with E-state index in [1.165, 1.54) is 7.11 Å². The fraction of sp³-hybridized carbons (Fsp3) is 0.300. The van der Waals surface area contributed by atoms with E-state index >= 15 is 0 Å². The highest BCUT2D eigenvalue weighted by Crippen LogP contribution is 2.37. The molecule has 2 aromatic rings. The maximum atomic E-state index is 12.6. The number of esters is 1. The Morgan fingerprint density at radius 2 is 1.94 bits per heavy atom. The normalized spacial score (nSPS) is 15.2. The van der Waals surface area contributed by atoms with Crippen molar-refractivity contribution in [1.29, 1.82) is 0 Å². The van der Waals surface area contributed by atoms with Crippen LogP contribution in [0.3, 0.4) is 0 Å². The van der Waals surface area contributed by atoms with E-state index in [1.807, 2.05) is 0 Å². The van der Waals surface area contributed by atoms with Crippen molar-refractivity contribution in [1.82, 2.24) is 5.32 Å². The quantitative estimate of drug-likeness (QED) is 0.351. The predicted octanol–water partition coefficient (Wildman–Crippen LogP) is 4.67. The number of hydrogen-bond acceptors (Lipinski definition) is 7. The molecule has 0 radical (unpaired) electrons. The van der Waals surface area contributed by atoms with E-state index in [9.17, 15) is 32.9 Å². The van der Waals surface area contributed by atoms with Gasteiger partial charge in [0.05, 0.1) is 22.6 Å². The molecule has 0 spiro atoms. The van der Waals surface area contributed by atoms with Crippen LogP contribution in [0.1, 0.15) is 28.8 Å². The first-order valence-corrected chi connectivity index (χ1v) is 9.69. The molecule has 0 amide bonds. The number of nitrogens with one attached hydrogen (secondary N) is 1. The summed E-state index contributed by atoms with van der Waals surface area (Å²) in [5.41, 5.74) is -2.25. The first-order valence-electron chi connectivity index (χ1n) is 9.31. The van der Waals surface area contributed by atoms with Gasteiger partial charge in [-0.2, -0.15) is 13.2 Å². The molecule has 1 heterocycles. The third kappa shape index (κ3) is 7.05. The number of alkyl halides is 3. The van der Waals surface area contributed by atoms with Gasteiger partial charge in [0.25, 0.3) is 5.69 Å². The number of aromatic carboxylic acids is 1. The maximum absolute atomic E-state index is 12.6. The summed E-state index contributed by atoms with van der Waals surface area (Å²) in [4.78, 5) is 31.6. The van der Waals surface area contributed by atoms with Gasteiger partial charge in [-0.3, -0.25) is 14.9 Å². The van der Waals surface area contributed by atoms with Crippen LogP contribution in [0.2, 0.25) is 5.02 Å². The number of ether oxygens (including phenoxy) is 2. The van der Waals surface area contributed by atoms with E-state index in [-0.39, 0.29) is 28.5 Å². The zero-order valence-electron chi connectivity index (χ0n) is 17.0. The summed E-state index contributed by atoms with van der Waals surface area (Å²) >= 11 is 5.72. The summed E-state index contributed by atoms with van der Waals surface area (Å²) in [7, 11) is 1.42. The predicted molar refractivity (Wildman–Crippen MR) is 110 cm³/mol. The molecule has 2 aromatic carbocycles. The third-order valence-corrected chi connectivity index (χ3v) is 4.72. The number of hydrogen-bond donors (Lipinski definition) is 2. The van der Waals surface area contributed by atoms with Crippen molar-refractivity contribution in [2.45, 2.75) is 25.1 Å². The molecule has 0 aromatic heterocycles. The van der Waals surface area contributed by atoms with Crippen LogP contribution < -0.4 is 10.1 Å². The lowest BCUT2D eigenvalue weighted by Gasteiger charge is -2.11. The van der Waals surface area contributed by atoms with Crippen LogP contribution >= 0.6 is 11.6 Å². The average molecular weight is 491 g/mol. The highest BCUT2D eigenvalue weighted by molar-refractivity contribution is 6.32. The van der Waals surface area contributed by atoms with Gasteiger partial charge in [-0.05, 0) is 43.7 Å². The Morgan fingerprint density at radius 1 is 1.24 bits per heavy atom. The third-order valence-electron chi connectivity index (χ3n) is 4.43. The molecule has 9 nitrogen and oxygen atoms in total. The van der Waals surface area contributed by atoms with Crippen LogP contribution in [-0.4, -0.2) is 41.7 Å². The molecule has 178 valence electrons. The molecule has 0 bridgehead atoms. The molecule has 13 heteroatoms. The van der Waals surface area contributed by atoms with Gasteiger partial charge in [-0.25, -0.2) is 4.79 Å². The van der Waals surface area contributed by atoms with Gasteiger partial charge < -0.3 is 19.9 Å². The summed E-state index contributed by atoms with van der Waals surface area (Å²) in [5.74, 6) is -1.97. The van der Waals surface area contributed by atoms with E-state index < -0.39 is 33.9 Å². The molecule has 0 aliphatic carbocycles. The standard InChI is InChI=1S/C14H7ClF3NO5.C6H11NO2/c15-10-5-7(14(16,17)18)1-4-12(10)24-8-2-3-11(19(22)23)9(6-8)13(20)21;1-9-6(8)5-3-2-4-7-5/h1-6H,(H,20,21);5,7H,2-4H2,1H3. The van der Waals surface area contributed by atoms with Gasteiger partial charge in [0.15, 0.2) is 0 Å². The van der Waals surface area contributed by atoms with Crippen LogP contribution in [0.4, 0.5) is 18.9 Å². The van der Waals surface area contributed by atoms with E-state index in [1.54, 1.807) is 0 Å². The number of rotatable bonds is 5. The van der Waals surface area contributed by atoms with Gasteiger partial charge in [-0.15, -0.1) is 0 Å². The Hall–Kier alpha value is -3.38. The van der Waals surface area contributed by atoms with E-state index in [0.29, 0.717) is 6.07 Å². The second-order valence-electron chi connectivity index (χ2n) is 6.66. The summed E-state index contributed by atoms with van der Waals surface area (Å²) in [6, 6.07) is 5.23. The highest BCUT2D eigenvalue weighted by Gasteiger charge is 2.31. The van der Waals surface area contributed by atoms with Gasteiger partial charge in [0.2, 0.25) is 0 Å². The number of nitro groups is 1. The van der Waals surface area contributed by atoms with Crippen molar-refractivity contribution >= 4 is 29.2 Å². The lowest BCUT2D eigenvalue weighted by atomic mass is 10.1.